The minimum absolute atomic E-state index is 0.800. The van der Waals surface area contributed by atoms with Gasteiger partial charge in [-0.25, -0.2) is 0 Å². The molecule has 240 valence electrons. The second-order valence-electron chi connectivity index (χ2n) is 14.3. The maximum atomic E-state index is 6.10. The second-order valence-corrected chi connectivity index (χ2v) is 15.4. The summed E-state index contributed by atoms with van der Waals surface area (Å²) in [5.74, 6) is 0.970. The van der Waals surface area contributed by atoms with E-state index in [2.05, 4.69) is 122 Å². The highest BCUT2D eigenvalue weighted by atomic mass is 32.1. The van der Waals surface area contributed by atoms with Crippen LogP contribution in [0.5, 0.6) is 5.75 Å². The smallest absolute Gasteiger partial charge is 0.119 e. The lowest BCUT2D eigenvalue weighted by molar-refractivity contribution is 0.304. The summed E-state index contributed by atoms with van der Waals surface area (Å²) in [5.41, 5.74) is 10.8. The lowest BCUT2D eigenvalue weighted by atomic mass is 9.83. The average molecular weight is 661 g/mol. The molecule has 2 aliphatic rings. The molecule has 0 aliphatic heterocycles. The van der Waals surface area contributed by atoms with Gasteiger partial charge in [-0.2, -0.15) is 0 Å². The highest BCUT2D eigenvalue weighted by Crippen LogP contribution is 2.59. The van der Waals surface area contributed by atoms with E-state index in [1.807, 2.05) is 11.3 Å². The third-order valence-corrected chi connectivity index (χ3v) is 12.8. The molecule has 50 heavy (non-hydrogen) atoms. The Kier molecular flexibility index (Phi) is 6.25. The van der Waals surface area contributed by atoms with Gasteiger partial charge in [0.15, 0.2) is 0 Å². The molecule has 11 rings (SSSR count). The molecule has 0 saturated heterocycles. The van der Waals surface area contributed by atoms with Crippen LogP contribution in [0.2, 0.25) is 0 Å². The fourth-order valence-electron chi connectivity index (χ4n) is 9.32. The van der Waals surface area contributed by atoms with Crippen LogP contribution in [-0.4, -0.2) is 6.61 Å². The Morgan fingerprint density at radius 1 is 0.460 bits per heavy atom. The van der Waals surface area contributed by atoms with Gasteiger partial charge in [0.2, 0.25) is 0 Å². The Bertz CT molecular complexity index is 2790. The van der Waals surface area contributed by atoms with E-state index in [0.29, 0.717) is 0 Å². The number of thiophene rings is 1. The van der Waals surface area contributed by atoms with Crippen molar-refractivity contribution in [2.45, 2.75) is 45.4 Å². The minimum Gasteiger partial charge on any atom is -0.494 e. The van der Waals surface area contributed by atoms with Crippen molar-refractivity contribution in [2.75, 3.05) is 6.61 Å². The lowest BCUT2D eigenvalue weighted by Crippen LogP contribution is -1.97. The van der Waals surface area contributed by atoms with Crippen LogP contribution in [0.25, 0.3) is 108 Å². The molecule has 0 N–H and O–H groups in total. The summed E-state index contributed by atoms with van der Waals surface area (Å²) >= 11 is 1.93. The number of hydrogen-bond acceptors (Lipinski definition) is 2. The zero-order valence-corrected chi connectivity index (χ0v) is 29.1. The SMILES string of the molecule is CCCCCCCCOc1ccc(-c2cc3c(s2)-c2ccc4c5ccc6c7c(c8ccccc8c(c8ccc-3c2c48)c75)-c2ccccc2-6)cc1. The van der Waals surface area contributed by atoms with Crippen molar-refractivity contribution < 1.29 is 4.74 Å². The van der Waals surface area contributed by atoms with E-state index in [4.69, 9.17) is 4.74 Å². The molecule has 2 heteroatoms. The number of rotatable bonds is 9. The molecule has 1 nitrogen and oxygen atoms in total. The van der Waals surface area contributed by atoms with E-state index in [9.17, 15) is 0 Å². The van der Waals surface area contributed by atoms with Crippen molar-refractivity contribution in [3.8, 4) is 60.0 Å². The van der Waals surface area contributed by atoms with Crippen LogP contribution in [0.15, 0.2) is 115 Å². The summed E-state index contributed by atoms with van der Waals surface area (Å²) in [5, 5.41) is 13.9. The predicted molar refractivity (Wildman–Crippen MR) is 216 cm³/mol. The van der Waals surface area contributed by atoms with Crippen LogP contribution in [0.3, 0.4) is 0 Å². The predicted octanol–water partition coefficient (Wildman–Crippen LogP) is 14.7. The molecule has 8 aromatic carbocycles. The Hall–Kier alpha value is -5.18. The Morgan fingerprint density at radius 3 is 1.94 bits per heavy atom. The Labute approximate surface area is 296 Å². The van der Waals surface area contributed by atoms with Crippen LogP contribution in [0.4, 0.5) is 0 Å². The first-order valence-electron chi connectivity index (χ1n) is 18.4. The molecule has 1 heterocycles. The maximum Gasteiger partial charge on any atom is 0.119 e. The average Bonchev–Trinajstić information content (AvgIpc) is 3.84. The summed E-state index contributed by atoms with van der Waals surface area (Å²) in [6.07, 6.45) is 7.68. The van der Waals surface area contributed by atoms with Crippen molar-refractivity contribution in [3.63, 3.8) is 0 Å². The summed E-state index contributed by atoms with van der Waals surface area (Å²) in [6.45, 7) is 3.07. The third kappa shape index (κ3) is 3.89. The molecule has 0 amide bonds. The molecular weight excluding hydrogens is 625 g/mol. The van der Waals surface area contributed by atoms with Gasteiger partial charge in [0, 0.05) is 20.9 Å². The number of fused-ring (bicyclic) bond motifs is 11. The zero-order valence-electron chi connectivity index (χ0n) is 28.2. The van der Waals surface area contributed by atoms with Gasteiger partial charge in [-0.05, 0) is 124 Å². The van der Waals surface area contributed by atoms with E-state index in [1.54, 1.807) is 0 Å². The molecule has 0 spiro atoms. The van der Waals surface area contributed by atoms with Crippen molar-refractivity contribution in [2.24, 2.45) is 0 Å². The number of hydrogen-bond donors (Lipinski definition) is 0. The van der Waals surface area contributed by atoms with Crippen molar-refractivity contribution in [1.29, 1.82) is 0 Å². The monoisotopic (exact) mass is 660 g/mol. The molecular formula is C48H36OS. The van der Waals surface area contributed by atoms with E-state index >= 15 is 0 Å². The first-order chi connectivity index (χ1) is 24.8. The first-order valence-corrected chi connectivity index (χ1v) is 19.2. The Balaban J connectivity index is 1.03. The van der Waals surface area contributed by atoms with Gasteiger partial charge in [0.05, 0.1) is 6.61 Å². The second kappa shape index (κ2) is 10.9. The third-order valence-electron chi connectivity index (χ3n) is 11.6. The maximum absolute atomic E-state index is 6.10. The normalized spacial score (nSPS) is 12.7. The van der Waals surface area contributed by atoms with E-state index in [-0.39, 0.29) is 0 Å². The summed E-state index contributed by atoms with van der Waals surface area (Å²) in [4.78, 5) is 2.71. The molecule has 2 aliphatic carbocycles. The summed E-state index contributed by atoms with van der Waals surface area (Å²) < 4.78 is 6.10. The van der Waals surface area contributed by atoms with Gasteiger partial charge in [-0.15, -0.1) is 11.3 Å². The quantitative estimate of drug-likeness (QED) is 0.0850. The van der Waals surface area contributed by atoms with Crippen LogP contribution >= 0.6 is 11.3 Å². The fourth-order valence-corrected chi connectivity index (χ4v) is 10.5. The summed E-state index contributed by atoms with van der Waals surface area (Å²) in [7, 11) is 0. The van der Waals surface area contributed by atoms with Gasteiger partial charge < -0.3 is 4.74 Å². The van der Waals surface area contributed by atoms with Gasteiger partial charge in [-0.1, -0.05) is 124 Å². The largest absolute Gasteiger partial charge is 0.494 e. The molecule has 0 unspecified atom stereocenters. The van der Waals surface area contributed by atoms with Crippen molar-refractivity contribution in [3.05, 3.63) is 115 Å². The molecule has 1 aromatic heterocycles. The molecule has 0 saturated carbocycles. The first kappa shape index (κ1) is 28.6. The standard InChI is InChI=1S/C48H36OS/c1-2-3-4-5-6-11-26-49-29-18-16-28(17-19-29)41-27-40-37-22-24-38-43-35(23-25-39(45(37)43)48(40)50-41)36-21-20-34-30-12-7-8-13-31(30)42-32-14-9-10-15-33(32)44(38)47(36)46(34)42/h7-10,12-25,27H,2-6,11,26H2,1H3. The van der Waals surface area contributed by atoms with Crippen LogP contribution < -0.4 is 4.74 Å². The fraction of sp³-hybridized carbons (Fsp3) is 0.167. The Morgan fingerprint density at radius 2 is 1.10 bits per heavy atom. The molecule has 0 radical (unpaired) electrons. The number of benzene rings is 8. The highest BCUT2D eigenvalue weighted by molar-refractivity contribution is 7.19. The minimum atomic E-state index is 0.800. The van der Waals surface area contributed by atoms with E-state index in [1.165, 1.54) is 140 Å². The van der Waals surface area contributed by atoms with Crippen molar-refractivity contribution in [1.82, 2.24) is 0 Å². The number of unbranched alkanes of at least 4 members (excludes halogenated alkanes) is 5. The molecule has 0 atom stereocenters. The van der Waals surface area contributed by atoms with Gasteiger partial charge in [-0.3, -0.25) is 0 Å². The van der Waals surface area contributed by atoms with Gasteiger partial charge in [0.1, 0.15) is 5.75 Å². The van der Waals surface area contributed by atoms with Crippen LogP contribution in [0.1, 0.15) is 45.4 Å². The van der Waals surface area contributed by atoms with Crippen LogP contribution in [-0.2, 0) is 0 Å². The van der Waals surface area contributed by atoms with Gasteiger partial charge >= 0.3 is 0 Å². The summed E-state index contributed by atoms with van der Waals surface area (Å²) in [6, 6.07) is 43.7. The van der Waals surface area contributed by atoms with Crippen LogP contribution in [0, 0.1) is 0 Å². The number of ether oxygens (including phenoxy) is 1. The van der Waals surface area contributed by atoms with Crippen molar-refractivity contribution >= 4 is 65.2 Å². The topological polar surface area (TPSA) is 9.23 Å². The zero-order chi connectivity index (χ0) is 32.9. The molecule has 9 aromatic rings. The molecule has 0 fully saturated rings. The van der Waals surface area contributed by atoms with E-state index < -0.39 is 0 Å². The highest BCUT2D eigenvalue weighted by Gasteiger charge is 2.31. The van der Waals surface area contributed by atoms with Gasteiger partial charge in [0.25, 0.3) is 0 Å². The lowest BCUT2D eigenvalue weighted by Gasteiger charge is -2.19. The molecule has 0 bridgehead atoms. The van der Waals surface area contributed by atoms with E-state index in [0.717, 1.165) is 18.8 Å².